The van der Waals surface area contributed by atoms with E-state index in [1.807, 2.05) is 0 Å². The van der Waals surface area contributed by atoms with Gasteiger partial charge in [0, 0.05) is 7.05 Å². The topological polar surface area (TPSA) is 84.3 Å². The third-order valence-electron chi connectivity index (χ3n) is 2.46. The number of hydrogen-bond acceptors (Lipinski definition) is 4. The second-order valence-electron chi connectivity index (χ2n) is 3.93. The van der Waals surface area contributed by atoms with Gasteiger partial charge in [0.25, 0.3) is 5.91 Å². The van der Waals surface area contributed by atoms with Crippen LogP contribution in [-0.2, 0) is 16.6 Å². The zero-order valence-corrected chi connectivity index (χ0v) is 9.56. The molecule has 0 radical (unpaired) electrons. The summed E-state index contributed by atoms with van der Waals surface area (Å²) < 4.78 is 1.44. The molecule has 7 heteroatoms. The molecule has 1 fully saturated rings. The van der Waals surface area contributed by atoms with E-state index in [2.05, 4.69) is 10.4 Å². The number of rotatable bonds is 1. The molecule has 1 aromatic heterocycles. The number of amides is 3. The van der Waals surface area contributed by atoms with Crippen molar-refractivity contribution in [3.63, 3.8) is 0 Å². The highest BCUT2D eigenvalue weighted by atomic mass is 16.2. The molecular formula is C10H12N4O3. The normalized spacial score (nSPS) is 16.0. The molecule has 0 bridgehead atoms. The maximum atomic E-state index is 12.1. The number of aromatic nitrogens is 2. The third-order valence-corrected chi connectivity index (χ3v) is 2.46. The van der Waals surface area contributed by atoms with E-state index in [0.717, 1.165) is 0 Å². The van der Waals surface area contributed by atoms with Crippen LogP contribution in [0.3, 0.4) is 0 Å². The van der Waals surface area contributed by atoms with Crippen molar-refractivity contribution in [2.75, 3.05) is 13.1 Å². The van der Waals surface area contributed by atoms with Crippen LogP contribution < -0.4 is 5.32 Å². The van der Waals surface area contributed by atoms with E-state index in [1.165, 1.54) is 9.58 Å². The zero-order chi connectivity index (χ0) is 12.6. The summed E-state index contributed by atoms with van der Waals surface area (Å²) in [5, 5.41) is 6.19. The summed E-state index contributed by atoms with van der Waals surface area (Å²) in [5.74, 6) is -1.29. The Bertz CT molecular complexity index is 490. The molecular weight excluding hydrogens is 224 g/mol. The van der Waals surface area contributed by atoms with Gasteiger partial charge in [-0.15, -0.1) is 0 Å². The predicted octanol–water partition coefficient (Wildman–Crippen LogP) is -1.17. The molecule has 1 aromatic rings. The van der Waals surface area contributed by atoms with E-state index in [9.17, 15) is 14.4 Å². The minimum absolute atomic E-state index is 0.102. The Morgan fingerprint density at radius 3 is 2.41 bits per heavy atom. The quantitative estimate of drug-likeness (QED) is 0.622. The van der Waals surface area contributed by atoms with E-state index >= 15 is 0 Å². The molecule has 90 valence electrons. The van der Waals surface area contributed by atoms with E-state index in [1.54, 1.807) is 20.0 Å². The maximum absolute atomic E-state index is 12.1. The van der Waals surface area contributed by atoms with Crippen molar-refractivity contribution in [1.82, 2.24) is 20.0 Å². The Morgan fingerprint density at radius 1 is 1.35 bits per heavy atom. The second kappa shape index (κ2) is 4.00. The number of nitrogens with zero attached hydrogens (tertiary/aromatic N) is 3. The van der Waals surface area contributed by atoms with Crippen molar-refractivity contribution in [1.29, 1.82) is 0 Å². The van der Waals surface area contributed by atoms with Crippen LogP contribution in [0.2, 0.25) is 0 Å². The molecule has 17 heavy (non-hydrogen) atoms. The summed E-state index contributed by atoms with van der Waals surface area (Å²) in [4.78, 5) is 35.6. The fraction of sp³-hybridized carbons (Fsp3) is 0.400. The largest absolute Gasteiger partial charge is 0.319 e. The van der Waals surface area contributed by atoms with Crippen LogP contribution in [0.5, 0.6) is 0 Å². The van der Waals surface area contributed by atoms with Gasteiger partial charge in [-0.3, -0.25) is 24.4 Å². The van der Waals surface area contributed by atoms with Crippen molar-refractivity contribution < 1.29 is 14.4 Å². The number of hydrogen-bond donors (Lipinski definition) is 1. The molecule has 1 saturated heterocycles. The van der Waals surface area contributed by atoms with Gasteiger partial charge in [-0.1, -0.05) is 0 Å². The molecule has 0 unspecified atom stereocenters. The summed E-state index contributed by atoms with van der Waals surface area (Å²) in [6, 6.07) is 1.62. The molecule has 3 amide bonds. The summed E-state index contributed by atoms with van der Waals surface area (Å²) in [7, 11) is 1.64. The average molecular weight is 236 g/mol. The summed E-state index contributed by atoms with van der Waals surface area (Å²) in [6.45, 7) is 1.56. The van der Waals surface area contributed by atoms with Gasteiger partial charge in [-0.25, -0.2) is 0 Å². The molecule has 1 aliphatic heterocycles. The SMILES string of the molecule is Cc1cc(C(=O)N2CC(=O)NC(=O)C2)n(C)n1. The number of carbonyl (C=O) groups excluding carboxylic acids is 3. The number of aryl methyl sites for hydroxylation is 2. The zero-order valence-electron chi connectivity index (χ0n) is 9.56. The monoisotopic (exact) mass is 236 g/mol. The highest BCUT2D eigenvalue weighted by molar-refractivity contribution is 6.05. The van der Waals surface area contributed by atoms with Crippen LogP contribution in [-0.4, -0.2) is 45.5 Å². The van der Waals surface area contributed by atoms with Gasteiger partial charge >= 0.3 is 0 Å². The lowest BCUT2D eigenvalue weighted by atomic mass is 10.2. The first-order valence-electron chi connectivity index (χ1n) is 5.10. The van der Waals surface area contributed by atoms with Gasteiger partial charge in [0.2, 0.25) is 11.8 Å². The van der Waals surface area contributed by atoms with Crippen molar-refractivity contribution in [2.24, 2.45) is 7.05 Å². The van der Waals surface area contributed by atoms with Crippen LogP contribution >= 0.6 is 0 Å². The van der Waals surface area contributed by atoms with Crippen molar-refractivity contribution in [2.45, 2.75) is 6.92 Å². The summed E-state index contributed by atoms with van der Waals surface area (Å²) in [6.07, 6.45) is 0. The van der Waals surface area contributed by atoms with Crippen molar-refractivity contribution in [3.05, 3.63) is 17.5 Å². The van der Waals surface area contributed by atoms with Gasteiger partial charge in [0.1, 0.15) is 18.8 Å². The minimum Gasteiger partial charge on any atom is -0.319 e. The van der Waals surface area contributed by atoms with Crippen molar-refractivity contribution >= 4 is 17.7 Å². The number of carbonyl (C=O) groups is 3. The molecule has 0 aliphatic carbocycles. The molecule has 1 N–H and O–H groups in total. The van der Waals surface area contributed by atoms with E-state index < -0.39 is 11.8 Å². The standard InChI is InChI=1S/C10H12N4O3/c1-6-3-7(13(2)12-6)10(17)14-4-8(15)11-9(16)5-14/h3H,4-5H2,1-2H3,(H,11,15,16). The minimum atomic E-state index is -0.464. The Hall–Kier alpha value is -2.18. The Kier molecular flexibility index (Phi) is 2.66. The third kappa shape index (κ3) is 2.17. The van der Waals surface area contributed by atoms with Crippen molar-refractivity contribution in [3.8, 4) is 0 Å². The van der Waals surface area contributed by atoms with Gasteiger partial charge < -0.3 is 4.90 Å². The van der Waals surface area contributed by atoms with Crippen LogP contribution in [0.25, 0.3) is 0 Å². The number of piperazine rings is 1. The van der Waals surface area contributed by atoms with E-state index in [4.69, 9.17) is 0 Å². The number of imide groups is 1. The van der Waals surface area contributed by atoms with Gasteiger partial charge in [0.15, 0.2) is 0 Å². The first-order valence-corrected chi connectivity index (χ1v) is 5.10. The van der Waals surface area contributed by atoms with Crippen LogP contribution in [0.4, 0.5) is 0 Å². The van der Waals surface area contributed by atoms with Crippen LogP contribution in [0.15, 0.2) is 6.07 Å². The molecule has 7 nitrogen and oxygen atoms in total. The lowest BCUT2D eigenvalue weighted by molar-refractivity contribution is -0.135. The fourth-order valence-corrected chi connectivity index (χ4v) is 1.75. The average Bonchev–Trinajstić information content (AvgIpc) is 2.55. The molecule has 2 rings (SSSR count). The molecule has 1 aliphatic rings. The molecule has 0 atom stereocenters. The van der Waals surface area contributed by atoms with Gasteiger partial charge in [-0.05, 0) is 13.0 Å². The van der Waals surface area contributed by atoms with E-state index in [0.29, 0.717) is 11.4 Å². The highest BCUT2D eigenvalue weighted by Crippen LogP contribution is 2.07. The Morgan fingerprint density at radius 2 is 1.94 bits per heavy atom. The summed E-state index contributed by atoms with van der Waals surface area (Å²) in [5.41, 5.74) is 1.08. The maximum Gasteiger partial charge on any atom is 0.273 e. The van der Waals surface area contributed by atoms with Gasteiger partial charge in [0.05, 0.1) is 5.69 Å². The second-order valence-corrected chi connectivity index (χ2v) is 3.93. The van der Waals surface area contributed by atoms with Crippen LogP contribution in [0, 0.1) is 6.92 Å². The Labute approximate surface area is 97.4 Å². The van der Waals surface area contributed by atoms with Crippen LogP contribution in [0.1, 0.15) is 16.2 Å². The van der Waals surface area contributed by atoms with Gasteiger partial charge in [-0.2, -0.15) is 5.10 Å². The smallest absolute Gasteiger partial charge is 0.273 e. The highest BCUT2D eigenvalue weighted by Gasteiger charge is 2.28. The molecule has 0 spiro atoms. The molecule has 2 heterocycles. The predicted molar refractivity (Wildman–Crippen MR) is 57.0 cm³/mol. The lowest BCUT2D eigenvalue weighted by Crippen LogP contribution is -2.53. The van der Waals surface area contributed by atoms with E-state index in [-0.39, 0.29) is 19.0 Å². The fourth-order valence-electron chi connectivity index (χ4n) is 1.75. The summed E-state index contributed by atoms with van der Waals surface area (Å²) >= 11 is 0. The first kappa shape index (κ1) is 11.3. The molecule has 0 aromatic carbocycles. The number of nitrogens with one attached hydrogen (secondary N) is 1. The molecule has 0 saturated carbocycles. The Balaban J connectivity index is 2.23. The lowest BCUT2D eigenvalue weighted by Gasteiger charge is -2.25. The first-order chi connectivity index (χ1) is 7.97.